The van der Waals surface area contributed by atoms with Gasteiger partial charge in [-0.25, -0.2) is 0 Å². The largest absolute Gasteiger partial charge is 0.387 e. The Morgan fingerprint density at radius 1 is 1.38 bits per heavy atom. The van der Waals surface area contributed by atoms with Crippen LogP contribution in [0.15, 0.2) is 0 Å². The van der Waals surface area contributed by atoms with Gasteiger partial charge in [0.05, 0.1) is 18.5 Å². The van der Waals surface area contributed by atoms with Crippen molar-refractivity contribution in [2.75, 3.05) is 26.7 Å². The van der Waals surface area contributed by atoms with E-state index in [1.54, 1.807) is 0 Å². The highest BCUT2D eigenvalue weighted by Crippen LogP contribution is 2.19. The van der Waals surface area contributed by atoms with Crippen molar-refractivity contribution in [1.29, 1.82) is 5.41 Å². The van der Waals surface area contributed by atoms with Crippen molar-refractivity contribution in [3.05, 3.63) is 0 Å². The van der Waals surface area contributed by atoms with Crippen LogP contribution in [-0.4, -0.2) is 43.6 Å². The summed E-state index contributed by atoms with van der Waals surface area (Å²) in [5, 5.41) is 7.47. The molecule has 4 heteroatoms. The molecule has 0 aromatic carbocycles. The fourth-order valence-electron chi connectivity index (χ4n) is 1.16. The summed E-state index contributed by atoms with van der Waals surface area (Å²) in [5.41, 5.74) is 5.34. The molecule has 0 saturated carbocycles. The summed E-state index contributed by atoms with van der Waals surface area (Å²) in [7, 11) is 2.07. The summed E-state index contributed by atoms with van der Waals surface area (Å²) < 4.78 is 5.48. The zero-order chi connectivity index (χ0) is 12.8. The number of nitrogens with two attached hydrogens (primary N) is 1. The first-order valence-corrected chi connectivity index (χ1v) is 5.90. The van der Waals surface area contributed by atoms with Crippen molar-refractivity contribution in [2.45, 2.75) is 40.2 Å². The van der Waals surface area contributed by atoms with Crippen LogP contribution < -0.4 is 5.73 Å². The number of nitrogens with zero attached hydrogens (tertiary/aromatic N) is 1. The molecule has 4 nitrogen and oxygen atoms in total. The van der Waals surface area contributed by atoms with E-state index in [1.165, 1.54) is 0 Å². The molecule has 0 aromatic heterocycles. The second-order valence-corrected chi connectivity index (χ2v) is 5.27. The summed E-state index contributed by atoms with van der Waals surface area (Å²) in [4.78, 5) is 2.22. The van der Waals surface area contributed by atoms with Gasteiger partial charge in [-0.15, -0.1) is 0 Å². The molecule has 3 N–H and O–H groups in total. The second-order valence-electron chi connectivity index (χ2n) is 5.27. The summed E-state index contributed by atoms with van der Waals surface area (Å²) >= 11 is 0. The van der Waals surface area contributed by atoms with Gasteiger partial charge in [-0.1, -0.05) is 13.8 Å². The van der Waals surface area contributed by atoms with E-state index in [4.69, 9.17) is 15.9 Å². The van der Waals surface area contributed by atoms with Gasteiger partial charge in [-0.2, -0.15) is 0 Å². The maximum atomic E-state index is 7.47. The number of nitrogens with one attached hydrogen (secondary N) is 1. The van der Waals surface area contributed by atoms with Gasteiger partial charge in [0.1, 0.15) is 0 Å². The zero-order valence-corrected chi connectivity index (χ0v) is 11.3. The number of hydrogen-bond donors (Lipinski definition) is 2. The highest BCUT2D eigenvalue weighted by atomic mass is 16.5. The fraction of sp³-hybridized carbons (Fsp3) is 0.917. The highest BCUT2D eigenvalue weighted by molar-refractivity contribution is 5.82. The molecule has 16 heavy (non-hydrogen) atoms. The van der Waals surface area contributed by atoms with Crippen LogP contribution in [0.1, 0.15) is 34.1 Å². The van der Waals surface area contributed by atoms with Gasteiger partial charge in [0, 0.05) is 12.0 Å². The van der Waals surface area contributed by atoms with Crippen molar-refractivity contribution in [1.82, 2.24) is 4.90 Å². The van der Waals surface area contributed by atoms with Crippen LogP contribution >= 0.6 is 0 Å². The first-order chi connectivity index (χ1) is 7.25. The lowest BCUT2D eigenvalue weighted by Gasteiger charge is -2.26. The molecule has 0 aliphatic carbocycles. The number of rotatable bonds is 8. The average Bonchev–Trinajstić information content (AvgIpc) is 2.14. The minimum absolute atomic E-state index is 0.201. The van der Waals surface area contributed by atoms with Crippen molar-refractivity contribution in [3.8, 4) is 0 Å². The van der Waals surface area contributed by atoms with E-state index in [0.717, 1.165) is 26.1 Å². The van der Waals surface area contributed by atoms with Crippen molar-refractivity contribution in [2.24, 2.45) is 11.1 Å². The lowest BCUT2D eigenvalue weighted by atomic mass is 9.88. The number of amidine groups is 1. The van der Waals surface area contributed by atoms with E-state index in [9.17, 15) is 0 Å². The topological polar surface area (TPSA) is 62.3 Å². The molecule has 0 amide bonds. The van der Waals surface area contributed by atoms with Crippen LogP contribution in [0.3, 0.4) is 0 Å². The lowest BCUT2D eigenvalue weighted by molar-refractivity contribution is 0.0627. The van der Waals surface area contributed by atoms with E-state index >= 15 is 0 Å². The molecule has 0 aliphatic rings. The van der Waals surface area contributed by atoms with Gasteiger partial charge >= 0.3 is 0 Å². The Morgan fingerprint density at radius 3 is 2.38 bits per heavy atom. The van der Waals surface area contributed by atoms with Crippen LogP contribution in [-0.2, 0) is 4.74 Å². The molecule has 96 valence electrons. The molecule has 0 spiro atoms. The molecule has 0 atom stereocenters. The van der Waals surface area contributed by atoms with Gasteiger partial charge in [-0.3, -0.25) is 5.41 Å². The molecule has 0 aromatic rings. The van der Waals surface area contributed by atoms with Crippen molar-refractivity contribution in [3.63, 3.8) is 0 Å². The third-order valence-electron chi connectivity index (χ3n) is 2.77. The van der Waals surface area contributed by atoms with Crippen molar-refractivity contribution < 1.29 is 4.74 Å². The smallest absolute Gasteiger partial charge is 0.0963 e. The average molecular weight is 229 g/mol. The lowest BCUT2D eigenvalue weighted by Crippen LogP contribution is -2.35. The molecular formula is C12H27N3O. The molecule has 0 rings (SSSR count). The Balaban J connectivity index is 3.73. The predicted molar refractivity (Wildman–Crippen MR) is 68.9 cm³/mol. The minimum Gasteiger partial charge on any atom is -0.387 e. The Bertz CT molecular complexity index is 214. The second kappa shape index (κ2) is 6.86. The summed E-state index contributed by atoms with van der Waals surface area (Å²) in [6.45, 7) is 10.7. The summed E-state index contributed by atoms with van der Waals surface area (Å²) in [6.07, 6.45) is 1.20. The quantitative estimate of drug-likeness (QED) is 0.492. The van der Waals surface area contributed by atoms with Crippen LogP contribution in [0.5, 0.6) is 0 Å². The van der Waals surface area contributed by atoms with E-state index in [0.29, 0.717) is 6.10 Å². The highest BCUT2D eigenvalue weighted by Gasteiger charge is 2.21. The van der Waals surface area contributed by atoms with Crippen LogP contribution in [0.4, 0.5) is 0 Å². The minimum atomic E-state index is -0.201. The molecule has 0 radical (unpaired) electrons. The first-order valence-electron chi connectivity index (χ1n) is 5.90. The molecular weight excluding hydrogens is 202 g/mol. The molecule has 0 heterocycles. The van der Waals surface area contributed by atoms with Crippen molar-refractivity contribution >= 4 is 5.84 Å². The standard InChI is InChI=1S/C12H27N3O/c1-10(2)16-9-8-15(5)7-6-12(3,4)11(13)14/h10H,6-9H2,1-5H3,(H3,13,14). The maximum Gasteiger partial charge on any atom is 0.0963 e. The van der Waals surface area contributed by atoms with E-state index in [1.807, 2.05) is 27.7 Å². The van der Waals surface area contributed by atoms with Crippen LogP contribution in [0.25, 0.3) is 0 Å². The first kappa shape index (κ1) is 15.4. The number of hydrogen-bond acceptors (Lipinski definition) is 3. The van der Waals surface area contributed by atoms with E-state index in [-0.39, 0.29) is 11.3 Å². The van der Waals surface area contributed by atoms with Gasteiger partial charge in [-0.05, 0) is 33.9 Å². The summed E-state index contributed by atoms with van der Waals surface area (Å²) in [6, 6.07) is 0. The Labute approximate surface area is 99.7 Å². The van der Waals surface area contributed by atoms with Crippen LogP contribution in [0.2, 0.25) is 0 Å². The third kappa shape index (κ3) is 6.80. The predicted octanol–water partition coefficient (Wildman–Crippen LogP) is 1.70. The number of likely N-dealkylation sites (N-methyl/N-ethyl adjacent to an activating group) is 1. The Morgan fingerprint density at radius 2 is 1.94 bits per heavy atom. The molecule has 0 bridgehead atoms. The molecule has 0 aliphatic heterocycles. The van der Waals surface area contributed by atoms with E-state index < -0.39 is 0 Å². The summed E-state index contributed by atoms with van der Waals surface area (Å²) in [5.74, 6) is 0.263. The zero-order valence-electron chi connectivity index (χ0n) is 11.3. The molecule has 0 unspecified atom stereocenters. The van der Waals surface area contributed by atoms with Crippen LogP contribution in [0, 0.1) is 10.8 Å². The van der Waals surface area contributed by atoms with Gasteiger partial charge in [0.2, 0.25) is 0 Å². The van der Waals surface area contributed by atoms with Gasteiger partial charge in [0.25, 0.3) is 0 Å². The monoisotopic (exact) mass is 229 g/mol. The normalized spacial score (nSPS) is 12.4. The van der Waals surface area contributed by atoms with Gasteiger partial charge in [0.15, 0.2) is 0 Å². The molecule has 0 saturated heterocycles. The Hall–Kier alpha value is -0.610. The third-order valence-corrected chi connectivity index (χ3v) is 2.77. The maximum absolute atomic E-state index is 7.47. The molecule has 0 fully saturated rings. The SMILES string of the molecule is CC(C)OCCN(C)CCC(C)(C)C(=N)N. The van der Waals surface area contributed by atoms with Gasteiger partial charge < -0.3 is 15.4 Å². The van der Waals surface area contributed by atoms with E-state index in [2.05, 4.69) is 11.9 Å². The number of ether oxygens (including phenoxy) is 1. The Kier molecular flexibility index (Phi) is 6.60. The fourth-order valence-corrected chi connectivity index (χ4v) is 1.16.